The van der Waals surface area contributed by atoms with Crippen molar-refractivity contribution in [1.82, 2.24) is 19.2 Å². The van der Waals surface area contributed by atoms with Crippen molar-refractivity contribution in [1.29, 1.82) is 0 Å². The summed E-state index contributed by atoms with van der Waals surface area (Å²) in [5, 5.41) is 4.44. The molecule has 3 rings (SSSR count). The van der Waals surface area contributed by atoms with Crippen LogP contribution in [0.1, 0.15) is 48.5 Å². The maximum Gasteiger partial charge on any atom is 0.223 e. The van der Waals surface area contributed by atoms with Crippen LogP contribution in [-0.4, -0.2) is 31.7 Å². The zero-order valence-corrected chi connectivity index (χ0v) is 14.5. The van der Waals surface area contributed by atoms with E-state index in [1.807, 2.05) is 18.7 Å². The minimum atomic E-state index is 0.211. The standard InChI is InChI=1S/C18H26N4O/c1-5-16-17-7-6-10-21(17)11-12-22(16)18(23)9-8-15-13(2)19-20(4)14(15)3/h6-7,10,16H,5,8-9,11-12H2,1-4H3. The van der Waals surface area contributed by atoms with E-state index in [1.165, 1.54) is 11.3 Å². The summed E-state index contributed by atoms with van der Waals surface area (Å²) >= 11 is 0. The molecule has 3 heterocycles. The molecule has 0 radical (unpaired) electrons. The molecular weight excluding hydrogens is 288 g/mol. The lowest BCUT2D eigenvalue weighted by molar-refractivity contribution is -0.134. The van der Waals surface area contributed by atoms with Gasteiger partial charge in [0.2, 0.25) is 5.91 Å². The average molecular weight is 314 g/mol. The molecule has 2 aromatic heterocycles. The molecule has 5 nitrogen and oxygen atoms in total. The molecule has 0 N–H and O–H groups in total. The van der Waals surface area contributed by atoms with E-state index >= 15 is 0 Å². The number of rotatable bonds is 4. The van der Waals surface area contributed by atoms with E-state index in [2.05, 4.69) is 46.7 Å². The lowest BCUT2D eigenvalue weighted by atomic mass is 10.0. The number of nitrogens with zero attached hydrogens (tertiary/aromatic N) is 4. The number of hydrogen-bond acceptors (Lipinski definition) is 2. The van der Waals surface area contributed by atoms with Gasteiger partial charge in [0.15, 0.2) is 0 Å². The summed E-state index contributed by atoms with van der Waals surface area (Å²) in [7, 11) is 1.96. The number of hydrogen-bond donors (Lipinski definition) is 0. The molecule has 1 amide bonds. The number of carbonyl (C=O) groups is 1. The molecule has 2 aromatic rings. The number of fused-ring (bicyclic) bond motifs is 1. The second kappa shape index (κ2) is 6.22. The fourth-order valence-corrected chi connectivity index (χ4v) is 3.75. The van der Waals surface area contributed by atoms with Crippen molar-refractivity contribution in [2.24, 2.45) is 7.05 Å². The van der Waals surface area contributed by atoms with Crippen LogP contribution in [-0.2, 0) is 24.8 Å². The van der Waals surface area contributed by atoms with Crippen LogP contribution in [0.4, 0.5) is 0 Å². The second-order valence-electron chi connectivity index (χ2n) is 6.41. The summed E-state index contributed by atoms with van der Waals surface area (Å²) in [4.78, 5) is 14.9. The number of aryl methyl sites for hydroxylation is 2. The van der Waals surface area contributed by atoms with Gasteiger partial charge in [0.05, 0.1) is 11.7 Å². The van der Waals surface area contributed by atoms with Crippen molar-refractivity contribution >= 4 is 5.91 Å². The first-order valence-electron chi connectivity index (χ1n) is 8.46. The van der Waals surface area contributed by atoms with Crippen molar-refractivity contribution in [2.75, 3.05) is 6.54 Å². The van der Waals surface area contributed by atoms with E-state index in [4.69, 9.17) is 0 Å². The van der Waals surface area contributed by atoms with Gasteiger partial charge in [-0.25, -0.2) is 0 Å². The molecule has 0 aromatic carbocycles. The van der Waals surface area contributed by atoms with E-state index in [1.54, 1.807) is 0 Å². The summed E-state index contributed by atoms with van der Waals surface area (Å²) in [5.74, 6) is 0.256. The van der Waals surface area contributed by atoms with Crippen molar-refractivity contribution in [3.8, 4) is 0 Å². The second-order valence-corrected chi connectivity index (χ2v) is 6.41. The Balaban J connectivity index is 1.71. The highest BCUT2D eigenvalue weighted by molar-refractivity contribution is 5.77. The predicted molar refractivity (Wildman–Crippen MR) is 90.2 cm³/mol. The van der Waals surface area contributed by atoms with Gasteiger partial charge in [0.25, 0.3) is 0 Å². The van der Waals surface area contributed by atoms with Gasteiger partial charge in [-0.05, 0) is 44.4 Å². The lowest BCUT2D eigenvalue weighted by Gasteiger charge is -2.36. The van der Waals surface area contributed by atoms with Crippen LogP contribution >= 0.6 is 0 Å². The minimum Gasteiger partial charge on any atom is -0.348 e. The number of amides is 1. The van der Waals surface area contributed by atoms with Crippen LogP contribution in [0.5, 0.6) is 0 Å². The summed E-state index contributed by atoms with van der Waals surface area (Å²) < 4.78 is 4.17. The first kappa shape index (κ1) is 15.8. The quantitative estimate of drug-likeness (QED) is 0.871. The Labute approximate surface area is 137 Å². The Kier molecular flexibility index (Phi) is 4.28. The van der Waals surface area contributed by atoms with Gasteiger partial charge in [-0.15, -0.1) is 0 Å². The molecular formula is C18H26N4O. The zero-order valence-electron chi connectivity index (χ0n) is 14.5. The molecule has 1 atom stereocenters. The number of aromatic nitrogens is 3. The molecule has 5 heteroatoms. The highest BCUT2D eigenvalue weighted by Gasteiger charge is 2.29. The molecule has 0 saturated heterocycles. The Bertz CT molecular complexity index is 713. The van der Waals surface area contributed by atoms with Gasteiger partial charge in [-0.3, -0.25) is 9.48 Å². The maximum atomic E-state index is 12.8. The fraction of sp³-hybridized carbons (Fsp3) is 0.556. The van der Waals surface area contributed by atoms with E-state index in [-0.39, 0.29) is 11.9 Å². The van der Waals surface area contributed by atoms with Gasteiger partial charge < -0.3 is 9.47 Å². The Morgan fingerprint density at radius 3 is 2.78 bits per heavy atom. The van der Waals surface area contributed by atoms with Crippen LogP contribution in [0.25, 0.3) is 0 Å². The molecule has 1 unspecified atom stereocenters. The minimum absolute atomic E-state index is 0.211. The first-order valence-corrected chi connectivity index (χ1v) is 8.46. The van der Waals surface area contributed by atoms with Crippen LogP contribution in [0.2, 0.25) is 0 Å². The summed E-state index contributed by atoms with van der Waals surface area (Å²) in [6.45, 7) is 7.96. The third kappa shape index (κ3) is 2.80. The third-order valence-corrected chi connectivity index (χ3v) is 5.12. The summed E-state index contributed by atoms with van der Waals surface area (Å²) in [6, 6.07) is 4.43. The van der Waals surface area contributed by atoms with Gasteiger partial charge in [-0.2, -0.15) is 5.10 Å². The molecule has 0 fully saturated rings. The molecule has 23 heavy (non-hydrogen) atoms. The Morgan fingerprint density at radius 1 is 1.35 bits per heavy atom. The van der Waals surface area contributed by atoms with Gasteiger partial charge in [0.1, 0.15) is 0 Å². The smallest absolute Gasteiger partial charge is 0.223 e. The van der Waals surface area contributed by atoms with Gasteiger partial charge in [-0.1, -0.05) is 6.92 Å². The van der Waals surface area contributed by atoms with Crippen LogP contribution in [0.3, 0.4) is 0 Å². The third-order valence-electron chi connectivity index (χ3n) is 5.12. The van der Waals surface area contributed by atoms with Crippen LogP contribution in [0.15, 0.2) is 18.3 Å². The van der Waals surface area contributed by atoms with Crippen molar-refractivity contribution in [3.63, 3.8) is 0 Å². The summed E-state index contributed by atoms with van der Waals surface area (Å²) in [5.41, 5.74) is 4.68. The summed E-state index contributed by atoms with van der Waals surface area (Å²) in [6.07, 6.45) is 4.41. The molecule has 0 bridgehead atoms. The zero-order chi connectivity index (χ0) is 16.6. The largest absolute Gasteiger partial charge is 0.348 e. The maximum absolute atomic E-state index is 12.8. The molecule has 0 aliphatic carbocycles. The highest BCUT2D eigenvalue weighted by atomic mass is 16.2. The Morgan fingerprint density at radius 2 is 2.13 bits per heavy atom. The fourth-order valence-electron chi connectivity index (χ4n) is 3.75. The van der Waals surface area contributed by atoms with Gasteiger partial charge >= 0.3 is 0 Å². The van der Waals surface area contributed by atoms with Crippen molar-refractivity contribution in [3.05, 3.63) is 41.0 Å². The van der Waals surface area contributed by atoms with Crippen molar-refractivity contribution in [2.45, 2.75) is 52.6 Å². The van der Waals surface area contributed by atoms with E-state index < -0.39 is 0 Å². The van der Waals surface area contributed by atoms with Crippen LogP contribution < -0.4 is 0 Å². The average Bonchev–Trinajstić information content (AvgIpc) is 3.10. The van der Waals surface area contributed by atoms with Gasteiger partial charge in [0, 0.05) is 44.1 Å². The molecule has 1 aliphatic rings. The van der Waals surface area contributed by atoms with Crippen LogP contribution in [0, 0.1) is 13.8 Å². The monoisotopic (exact) mass is 314 g/mol. The lowest BCUT2D eigenvalue weighted by Crippen LogP contribution is -2.41. The topological polar surface area (TPSA) is 43.1 Å². The Hall–Kier alpha value is -2.04. The molecule has 124 valence electrons. The van der Waals surface area contributed by atoms with Crippen molar-refractivity contribution < 1.29 is 4.79 Å². The number of carbonyl (C=O) groups excluding carboxylic acids is 1. The SMILES string of the molecule is CCC1c2cccn2CCN1C(=O)CCc1c(C)nn(C)c1C. The normalized spacial score (nSPS) is 17.4. The predicted octanol–water partition coefficient (Wildman–Crippen LogP) is 2.76. The first-order chi connectivity index (χ1) is 11.0. The molecule has 0 spiro atoms. The highest BCUT2D eigenvalue weighted by Crippen LogP contribution is 2.29. The van der Waals surface area contributed by atoms with E-state index in [0.29, 0.717) is 6.42 Å². The van der Waals surface area contributed by atoms with E-state index in [9.17, 15) is 4.79 Å². The molecule has 1 aliphatic heterocycles. The molecule has 0 saturated carbocycles. The van der Waals surface area contributed by atoms with E-state index in [0.717, 1.165) is 37.3 Å².